The van der Waals surface area contributed by atoms with E-state index in [1.54, 1.807) is 31.2 Å². The highest BCUT2D eigenvalue weighted by atomic mass is 32.2. The van der Waals surface area contributed by atoms with Gasteiger partial charge in [0.2, 0.25) is 5.91 Å². The van der Waals surface area contributed by atoms with Crippen molar-refractivity contribution in [2.45, 2.75) is 30.5 Å². The van der Waals surface area contributed by atoms with Gasteiger partial charge in [-0.15, -0.1) is 20.1 Å². The summed E-state index contributed by atoms with van der Waals surface area (Å²) in [7, 11) is -3.37. The van der Waals surface area contributed by atoms with Crippen molar-refractivity contribution in [2.24, 2.45) is 0 Å². The van der Waals surface area contributed by atoms with Crippen LogP contribution in [0, 0.1) is 0 Å². The zero-order chi connectivity index (χ0) is 27.1. The number of hydrogen-bond acceptors (Lipinski definition) is 8. The first-order valence-electron chi connectivity index (χ1n) is 11.6. The molecule has 0 spiro atoms. The maximum absolute atomic E-state index is 13.3. The first-order chi connectivity index (χ1) is 18.1. The number of alkyl halides is 2. The van der Waals surface area contributed by atoms with Crippen molar-refractivity contribution >= 4 is 43.0 Å². The van der Waals surface area contributed by atoms with E-state index in [9.17, 15) is 27.1 Å². The number of amides is 1. The fourth-order valence-corrected chi connectivity index (χ4v) is 5.97. The number of carbonyl (C=O) groups is 1. The maximum Gasteiger partial charge on any atom is 0.586 e. The van der Waals surface area contributed by atoms with Crippen LogP contribution in [0.1, 0.15) is 29.0 Å². The van der Waals surface area contributed by atoms with Crippen molar-refractivity contribution in [3.8, 4) is 11.5 Å². The Hall–Kier alpha value is -3.61. The Morgan fingerprint density at radius 2 is 1.82 bits per heavy atom. The minimum absolute atomic E-state index is 0.0217. The van der Waals surface area contributed by atoms with E-state index in [4.69, 9.17) is 0 Å². The molecule has 38 heavy (non-hydrogen) atoms. The van der Waals surface area contributed by atoms with Gasteiger partial charge >= 0.3 is 6.29 Å². The molecule has 1 aliphatic heterocycles. The minimum atomic E-state index is -3.67. The molecule has 1 amide bonds. The Kier molecular flexibility index (Phi) is 6.80. The Morgan fingerprint density at radius 3 is 2.53 bits per heavy atom. The van der Waals surface area contributed by atoms with Gasteiger partial charge in [-0.25, -0.2) is 13.4 Å². The Balaban J connectivity index is 1.29. The van der Waals surface area contributed by atoms with Crippen LogP contribution in [0.2, 0.25) is 0 Å². The van der Waals surface area contributed by atoms with Crippen molar-refractivity contribution < 1.29 is 36.6 Å². The maximum atomic E-state index is 13.3. The number of nitrogens with one attached hydrogen (secondary N) is 1. The molecule has 4 aromatic rings. The quantitative estimate of drug-likeness (QED) is 0.321. The highest BCUT2D eigenvalue weighted by Gasteiger charge is 2.43. The molecule has 0 saturated heterocycles. The SMILES string of the molecule is CCS(=O)(=O)c1ccc(C(CO)C(=O)Nc2ccc3nc(Cc4ccc5c(c4)OC(F)(F)O5)sc3c2)cc1. The highest BCUT2D eigenvalue weighted by Crippen LogP contribution is 2.41. The van der Waals surface area contributed by atoms with Crippen molar-refractivity contribution in [3.63, 3.8) is 0 Å². The molecule has 1 unspecified atom stereocenters. The van der Waals surface area contributed by atoms with Crippen LogP contribution >= 0.6 is 11.3 Å². The van der Waals surface area contributed by atoms with Gasteiger partial charge in [0.15, 0.2) is 21.3 Å². The molecule has 198 valence electrons. The minimum Gasteiger partial charge on any atom is -0.395 e. The number of aliphatic hydroxyl groups excluding tert-OH is 1. The number of sulfone groups is 1. The van der Waals surface area contributed by atoms with Crippen molar-refractivity contribution in [1.29, 1.82) is 0 Å². The number of thiazole rings is 1. The summed E-state index contributed by atoms with van der Waals surface area (Å²) in [4.78, 5) is 17.7. The van der Waals surface area contributed by atoms with Crippen molar-refractivity contribution in [2.75, 3.05) is 17.7 Å². The Labute approximate surface area is 220 Å². The molecule has 1 atom stereocenters. The first-order valence-corrected chi connectivity index (χ1v) is 14.1. The van der Waals surface area contributed by atoms with Gasteiger partial charge in [0.05, 0.1) is 38.4 Å². The molecule has 0 saturated carbocycles. The number of benzene rings is 3. The number of hydrogen-bond donors (Lipinski definition) is 2. The molecule has 1 aromatic heterocycles. The number of anilines is 1. The number of ether oxygens (including phenoxy) is 2. The van der Waals surface area contributed by atoms with Crippen LogP contribution < -0.4 is 14.8 Å². The molecule has 0 aliphatic carbocycles. The van der Waals surface area contributed by atoms with E-state index in [0.717, 1.165) is 15.3 Å². The standard InChI is InChI=1S/C26H22F2N2O6S2/c1-2-38(33,34)18-7-4-16(5-8-18)19(14-31)25(32)29-17-6-9-20-23(13-17)37-24(30-20)12-15-3-10-21-22(11-15)36-26(27,28)35-21/h3-11,13,19,31H,2,12,14H2,1H3,(H,29,32). The second kappa shape index (κ2) is 9.93. The third-order valence-electron chi connectivity index (χ3n) is 6.04. The van der Waals surface area contributed by atoms with E-state index >= 15 is 0 Å². The van der Waals surface area contributed by atoms with Crippen molar-refractivity contribution in [1.82, 2.24) is 4.98 Å². The number of halogens is 2. The molecule has 2 heterocycles. The smallest absolute Gasteiger partial charge is 0.395 e. The van der Waals surface area contributed by atoms with Gasteiger partial charge in [0.1, 0.15) is 0 Å². The van der Waals surface area contributed by atoms with Crippen LogP contribution in [0.25, 0.3) is 10.2 Å². The average molecular weight is 561 g/mol. The Bertz CT molecular complexity index is 1620. The van der Waals surface area contributed by atoms with Crippen LogP contribution in [-0.2, 0) is 21.1 Å². The monoisotopic (exact) mass is 560 g/mol. The molecule has 0 radical (unpaired) electrons. The molecule has 2 N–H and O–H groups in total. The summed E-state index contributed by atoms with van der Waals surface area (Å²) in [5.74, 6) is -1.42. The number of rotatable bonds is 8. The molecule has 3 aromatic carbocycles. The van der Waals surface area contributed by atoms with Crippen molar-refractivity contribution in [3.05, 3.63) is 76.8 Å². The molecule has 0 bridgehead atoms. The average Bonchev–Trinajstić information content (AvgIpc) is 3.42. The number of aromatic nitrogens is 1. The molecule has 5 rings (SSSR count). The van der Waals surface area contributed by atoms with E-state index in [1.807, 2.05) is 0 Å². The second-order valence-electron chi connectivity index (χ2n) is 8.61. The molecule has 1 aliphatic rings. The summed E-state index contributed by atoms with van der Waals surface area (Å²) >= 11 is 1.39. The van der Waals surface area contributed by atoms with Gasteiger partial charge in [-0.3, -0.25) is 4.79 Å². The first kappa shape index (κ1) is 26.0. The summed E-state index contributed by atoms with van der Waals surface area (Å²) in [6, 6.07) is 15.7. The summed E-state index contributed by atoms with van der Waals surface area (Å²) in [5, 5.41) is 13.4. The summed E-state index contributed by atoms with van der Waals surface area (Å²) in [6.45, 7) is 1.09. The fraction of sp³-hybridized carbons (Fsp3) is 0.231. The van der Waals surface area contributed by atoms with Gasteiger partial charge in [0, 0.05) is 12.1 Å². The van der Waals surface area contributed by atoms with E-state index in [2.05, 4.69) is 19.8 Å². The predicted molar refractivity (Wildman–Crippen MR) is 138 cm³/mol. The van der Waals surface area contributed by atoms with Gasteiger partial charge in [-0.1, -0.05) is 25.1 Å². The number of carbonyl (C=O) groups excluding carboxylic acids is 1. The molecular weight excluding hydrogens is 538 g/mol. The van der Waals surface area contributed by atoms with Crippen LogP contribution in [0.3, 0.4) is 0 Å². The largest absolute Gasteiger partial charge is 0.586 e. The second-order valence-corrected chi connectivity index (χ2v) is 12.0. The topological polar surface area (TPSA) is 115 Å². The normalized spacial score (nSPS) is 14.9. The van der Waals surface area contributed by atoms with E-state index in [0.29, 0.717) is 23.2 Å². The van der Waals surface area contributed by atoms with Crippen LogP contribution in [0.5, 0.6) is 11.5 Å². The van der Waals surface area contributed by atoms with Gasteiger partial charge in [-0.05, 0) is 53.6 Å². The molecular formula is C26H22F2N2O6S2. The van der Waals surface area contributed by atoms with Crippen LogP contribution in [-0.4, -0.2) is 43.1 Å². The predicted octanol–water partition coefficient (Wildman–Crippen LogP) is 4.72. The lowest BCUT2D eigenvalue weighted by atomic mass is 9.99. The lowest BCUT2D eigenvalue weighted by Gasteiger charge is -2.15. The van der Waals surface area contributed by atoms with Crippen LogP contribution in [0.15, 0.2) is 65.6 Å². The van der Waals surface area contributed by atoms with Gasteiger partial charge < -0.3 is 19.9 Å². The zero-order valence-corrected chi connectivity index (χ0v) is 21.6. The third-order valence-corrected chi connectivity index (χ3v) is 8.81. The molecule has 0 fully saturated rings. The lowest BCUT2D eigenvalue weighted by Crippen LogP contribution is -2.25. The third kappa shape index (κ3) is 5.33. The van der Waals surface area contributed by atoms with E-state index < -0.39 is 34.6 Å². The van der Waals surface area contributed by atoms with Crippen LogP contribution in [0.4, 0.5) is 14.5 Å². The summed E-state index contributed by atoms with van der Waals surface area (Å²) < 4.78 is 60.4. The lowest BCUT2D eigenvalue weighted by molar-refractivity contribution is -0.286. The number of fused-ring (bicyclic) bond motifs is 2. The fourth-order valence-electron chi connectivity index (χ4n) is 4.05. The Morgan fingerprint density at radius 1 is 1.08 bits per heavy atom. The van der Waals surface area contributed by atoms with E-state index in [1.165, 1.54) is 47.7 Å². The molecule has 8 nitrogen and oxygen atoms in total. The summed E-state index contributed by atoms with van der Waals surface area (Å²) in [5.41, 5.74) is 2.43. The molecule has 12 heteroatoms. The summed E-state index contributed by atoms with van der Waals surface area (Å²) in [6.07, 6.45) is -3.29. The zero-order valence-electron chi connectivity index (χ0n) is 20.0. The van der Waals surface area contributed by atoms with Gasteiger partial charge in [-0.2, -0.15) is 0 Å². The van der Waals surface area contributed by atoms with E-state index in [-0.39, 0.29) is 22.1 Å². The highest BCUT2D eigenvalue weighted by molar-refractivity contribution is 7.91. The number of nitrogens with zero attached hydrogens (tertiary/aromatic N) is 1. The van der Waals surface area contributed by atoms with Gasteiger partial charge in [0.25, 0.3) is 0 Å². The number of aliphatic hydroxyl groups is 1.